The normalized spacial score (nSPS) is 13.3. The first-order valence-electron chi connectivity index (χ1n) is 9.17. The first kappa shape index (κ1) is 18.7. The number of hydrogen-bond donors (Lipinski definition) is 3. The quantitative estimate of drug-likeness (QED) is 0.477. The van der Waals surface area contributed by atoms with E-state index in [2.05, 4.69) is 15.1 Å². The number of nitrogens with zero attached hydrogens (tertiary/aromatic N) is 4. The molecule has 1 aromatic carbocycles. The van der Waals surface area contributed by atoms with Gasteiger partial charge in [0, 0.05) is 23.8 Å². The summed E-state index contributed by atoms with van der Waals surface area (Å²) in [5, 5.41) is 24.7. The average molecular weight is 391 g/mol. The Morgan fingerprint density at radius 3 is 2.66 bits per heavy atom. The first-order valence-corrected chi connectivity index (χ1v) is 9.17. The number of fused-ring (bicyclic) bond motifs is 1. The van der Waals surface area contributed by atoms with Crippen LogP contribution in [0.5, 0.6) is 11.6 Å². The van der Waals surface area contributed by atoms with E-state index < -0.39 is 12.2 Å². The Hall–Kier alpha value is -3.65. The van der Waals surface area contributed by atoms with Crippen LogP contribution in [0.15, 0.2) is 54.9 Å². The Morgan fingerprint density at radius 1 is 1.10 bits per heavy atom. The maximum Gasteiger partial charge on any atom is 0.211 e. The van der Waals surface area contributed by atoms with Crippen LogP contribution in [0.4, 0.5) is 5.82 Å². The predicted octanol–water partition coefficient (Wildman–Crippen LogP) is 3.30. The number of aliphatic hydroxyl groups is 1. The standard InChI is InChI=1S/C21H21N5O3/c1-12(27)14-4-5-16-15(10-14)11-18(21(22)24-16)29-13(2)20-17(6-7-19(28)25-20)26-9-3-8-23-26/h3-13,27H,1-2H3,(H2,22,24)(H,25,28)/t12-,13-/m0/s1. The average Bonchev–Trinajstić information content (AvgIpc) is 3.22. The molecule has 3 heterocycles. The molecular weight excluding hydrogens is 370 g/mol. The number of aromatic nitrogens is 4. The van der Waals surface area contributed by atoms with Gasteiger partial charge in [0.2, 0.25) is 5.88 Å². The summed E-state index contributed by atoms with van der Waals surface area (Å²) in [6, 6.07) is 12.3. The lowest BCUT2D eigenvalue weighted by Crippen LogP contribution is -2.12. The van der Waals surface area contributed by atoms with Crippen molar-refractivity contribution in [1.29, 1.82) is 0 Å². The van der Waals surface area contributed by atoms with Crippen LogP contribution in [0, 0.1) is 0 Å². The van der Waals surface area contributed by atoms with Gasteiger partial charge in [0.1, 0.15) is 11.8 Å². The summed E-state index contributed by atoms with van der Waals surface area (Å²) < 4.78 is 7.72. The van der Waals surface area contributed by atoms with Gasteiger partial charge in [-0.2, -0.15) is 5.10 Å². The second-order valence-electron chi connectivity index (χ2n) is 6.78. The number of rotatable bonds is 5. The molecule has 4 aromatic rings. The Kier molecular flexibility index (Phi) is 4.77. The van der Waals surface area contributed by atoms with Crippen molar-refractivity contribution in [3.8, 4) is 17.3 Å². The van der Waals surface area contributed by atoms with Crippen molar-refractivity contribution in [3.05, 3.63) is 66.1 Å². The van der Waals surface area contributed by atoms with Crippen LogP contribution >= 0.6 is 0 Å². The number of pyridine rings is 2. The maximum absolute atomic E-state index is 9.87. The summed E-state index contributed by atoms with van der Waals surface area (Å²) >= 11 is 0. The molecule has 0 saturated carbocycles. The van der Waals surface area contributed by atoms with E-state index in [1.54, 1.807) is 42.2 Å². The van der Waals surface area contributed by atoms with Gasteiger partial charge < -0.3 is 20.7 Å². The Balaban J connectivity index is 1.71. The summed E-state index contributed by atoms with van der Waals surface area (Å²) in [6.07, 6.45) is 2.32. The van der Waals surface area contributed by atoms with Crippen molar-refractivity contribution in [1.82, 2.24) is 19.7 Å². The Labute approximate surface area is 167 Å². The van der Waals surface area contributed by atoms with Crippen LogP contribution in [0.2, 0.25) is 0 Å². The van der Waals surface area contributed by atoms with Gasteiger partial charge in [0.25, 0.3) is 0 Å². The zero-order valence-electron chi connectivity index (χ0n) is 16.0. The van der Waals surface area contributed by atoms with E-state index in [1.807, 2.05) is 25.1 Å². The van der Waals surface area contributed by atoms with Gasteiger partial charge in [-0.05, 0) is 49.7 Å². The number of benzene rings is 1. The van der Waals surface area contributed by atoms with Crippen molar-refractivity contribution in [2.45, 2.75) is 26.1 Å². The van der Waals surface area contributed by atoms with E-state index >= 15 is 0 Å². The van der Waals surface area contributed by atoms with E-state index in [0.29, 0.717) is 22.6 Å². The van der Waals surface area contributed by atoms with E-state index in [0.717, 1.165) is 10.9 Å². The van der Waals surface area contributed by atoms with Gasteiger partial charge in [-0.15, -0.1) is 0 Å². The number of aromatic hydroxyl groups is 1. The molecule has 0 bridgehead atoms. The van der Waals surface area contributed by atoms with Crippen molar-refractivity contribution >= 4 is 16.7 Å². The number of nitrogens with two attached hydrogens (primary N) is 1. The molecule has 0 spiro atoms. The fraction of sp³-hybridized carbons (Fsp3) is 0.190. The topological polar surface area (TPSA) is 119 Å². The lowest BCUT2D eigenvalue weighted by molar-refractivity contribution is 0.199. The largest absolute Gasteiger partial charge is 0.493 e. The fourth-order valence-electron chi connectivity index (χ4n) is 3.15. The molecule has 0 aliphatic rings. The van der Waals surface area contributed by atoms with E-state index in [1.165, 1.54) is 6.07 Å². The second kappa shape index (κ2) is 7.40. The summed E-state index contributed by atoms with van der Waals surface area (Å²) in [4.78, 5) is 8.63. The minimum absolute atomic E-state index is 0.113. The van der Waals surface area contributed by atoms with Gasteiger partial charge in [-0.25, -0.2) is 14.6 Å². The SMILES string of the molecule is C[C@H](O)c1ccc2nc(N)c(O[C@@H](C)c3nc(O)ccc3-n3cccn3)cc2c1. The van der Waals surface area contributed by atoms with Crippen LogP contribution in [0.1, 0.15) is 37.3 Å². The molecule has 0 aliphatic carbocycles. The molecular formula is C21H21N5O3. The van der Waals surface area contributed by atoms with Gasteiger partial charge in [-0.1, -0.05) is 6.07 Å². The number of ether oxygens (including phenoxy) is 1. The zero-order chi connectivity index (χ0) is 20.5. The number of nitrogen functional groups attached to an aromatic ring is 1. The third-order valence-electron chi connectivity index (χ3n) is 4.64. The molecule has 8 heteroatoms. The summed E-state index contributed by atoms with van der Waals surface area (Å²) in [7, 11) is 0. The highest BCUT2D eigenvalue weighted by Gasteiger charge is 2.19. The van der Waals surface area contributed by atoms with Gasteiger partial charge in [0.05, 0.1) is 17.3 Å². The third-order valence-corrected chi connectivity index (χ3v) is 4.64. The van der Waals surface area contributed by atoms with Crippen LogP contribution < -0.4 is 10.5 Å². The third kappa shape index (κ3) is 3.70. The van der Waals surface area contributed by atoms with E-state index in [9.17, 15) is 10.2 Å². The molecule has 0 aliphatic heterocycles. The molecule has 2 atom stereocenters. The monoisotopic (exact) mass is 391 g/mol. The Morgan fingerprint density at radius 2 is 1.93 bits per heavy atom. The van der Waals surface area contributed by atoms with Gasteiger partial charge in [0.15, 0.2) is 11.6 Å². The zero-order valence-corrected chi connectivity index (χ0v) is 16.0. The summed E-state index contributed by atoms with van der Waals surface area (Å²) in [6.45, 7) is 3.51. The Bertz CT molecular complexity index is 1160. The second-order valence-corrected chi connectivity index (χ2v) is 6.78. The molecule has 3 aromatic heterocycles. The van der Waals surface area contributed by atoms with Crippen LogP contribution in [-0.2, 0) is 0 Å². The fourth-order valence-corrected chi connectivity index (χ4v) is 3.15. The molecule has 8 nitrogen and oxygen atoms in total. The number of anilines is 1. The van der Waals surface area contributed by atoms with Crippen LogP contribution in [0.3, 0.4) is 0 Å². The minimum atomic E-state index is -0.589. The predicted molar refractivity (Wildman–Crippen MR) is 109 cm³/mol. The lowest BCUT2D eigenvalue weighted by Gasteiger charge is -2.19. The van der Waals surface area contributed by atoms with Crippen molar-refractivity contribution < 1.29 is 14.9 Å². The molecule has 0 unspecified atom stereocenters. The minimum Gasteiger partial charge on any atom is -0.493 e. The van der Waals surface area contributed by atoms with Gasteiger partial charge >= 0.3 is 0 Å². The molecule has 148 valence electrons. The molecule has 29 heavy (non-hydrogen) atoms. The first-order chi connectivity index (χ1) is 13.9. The molecule has 0 amide bonds. The summed E-state index contributed by atoms with van der Waals surface area (Å²) in [5.41, 5.74) is 8.77. The molecule has 0 saturated heterocycles. The van der Waals surface area contributed by atoms with E-state index in [-0.39, 0.29) is 11.7 Å². The smallest absolute Gasteiger partial charge is 0.211 e. The van der Waals surface area contributed by atoms with Crippen molar-refractivity contribution in [2.75, 3.05) is 5.73 Å². The highest BCUT2D eigenvalue weighted by Crippen LogP contribution is 2.32. The highest BCUT2D eigenvalue weighted by molar-refractivity contribution is 5.83. The van der Waals surface area contributed by atoms with Crippen LogP contribution in [0.25, 0.3) is 16.6 Å². The lowest BCUT2D eigenvalue weighted by atomic mass is 10.1. The molecule has 0 fully saturated rings. The molecule has 4 rings (SSSR count). The number of hydrogen-bond acceptors (Lipinski definition) is 7. The van der Waals surface area contributed by atoms with Crippen molar-refractivity contribution in [2.24, 2.45) is 0 Å². The van der Waals surface area contributed by atoms with Crippen LogP contribution in [-0.4, -0.2) is 30.0 Å². The van der Waals surface area contributed by atoms with Crippen molar-refractivity contribution in [3.63, 3.8) is 0 Å². The maximum atomic E-state index is 9.87. The molecule has 0 radical (unpaired) electrons. The number of aliphatic hydroxyl groups excluding tert-OH is 1. The van der Waals surface area contributed by atoms with E-state index in [4.69, 9.17) is 10.5 Å². The molecule has 4 N–H and O–H groups in total. The summed E-state index contributed by atoms with van der Waals surface area (Å²) in [5.74, 6) is 0.525. The van der Waals surface area contributed by atoms with Gasteiger partial charge in [-0.3, -0.25) is 0 Å². The highest BCUT2D eigenvalue weighted by atomic mass is 16.5.